The maximum Gasteiger partial charge on any atom is 0.276 e. The molecule has 0 bridgehead atoms. The molecule has 2 atom stereocenters. The lowest BCUT2D eigenvalue weighted by Crippen LogP contribution is -2.72. The van der Waals surface area contributed by atoms with Crippen molar-refractivity contribution in [1.29, 1.82) is 0 Å². The summed E-state index contributed by atoms with van der Waals surface area (Å²) in [6.45, 7) is 0.118. The standard InChI is InChI=1S/C19H19ClN6O5S/c1-31-26-15(12-9-32-19(23-12)24-13(27)7-20)18(30)25-14-11(22-17(14)29)8-21-16(28)10-5-3-2-4-6-10/h2-6,9,11,14H,7-8H2,1H3,(H,21,28)(H,22,29)(H,25,30)(H,23,24,27)/t11-,14+/m1/s1. The van der Waals surface area contributed by atoms with Gasteiger partial charge in [-0.25, -0.2) is 4.98 Å². The van der Waals surface area contributed by atoms with Crippen molar-refractivity contribution < 1.29 is 24.0 Å². The molecule has 1 saturated heterocycles. The second kappa shape index (κ2) is 10.7. The van der Waals surface area contributed by atoms with E-state index in [4.69, 9.17) is 16.4 Å². The summed E-state index contributed by atoms with van der Waals surface area (Å²) in [6, 6.07) is 7.23. The number of nitrogens with zero attached hydrogens (tertiary/aromatic N) is 2. The number of carbonyl (C=O) groups excluding carboxylic acids is 4. The Bertz CT molecular complexity index is 1040. The third kappa shape index (κ3) is 5.59. The number of amides is 4. The maximum absolute atomic E-state index is 12.7. The van der Waals surface area contributed by atoms with Gasteiger partial charge in [0.2, 0.25) is 11.8 Å². The minimum Gasteiger partial charge on any atom is -0.398 e. The molecule has 1 aromatic heterocycles. The molecule has 0 unspecified atom stereocenters. The van der Waals surface area contributed by atoms with E-state index in [0.717, 1.165) is 11.3 Å². The van der Waals surface area contributed by atoms with E-state index in [-0.39, 0.29) is 34.9 Å². The number of rotatable bonds is 9. The lowest BCUT2D eigenvalue weighted by atomic mass is 9.98. The first-order chi connectivity index (χ1) is 15.4. The van der Waals surface area contributed by atoms with E-state index in [9.17, 15) is 19.2 Å². The number of oxime groups is 1. The number of β-lactam (4-membered cyclic amide) rings is 1. The van der Waals surface area contributed by atoms with E-state index in [1.165, 1.54) is 12.5 Å². The molecule has 1 aromatic carbocycles. The Hall–Kier alpha value is -3.51. The number of alkyl halides is 1. The Labute approximate surface area is 191 Å². The van der Waals surface area contributed by atoms with Crippen molar-refractivity contribution in [1.82, 2.24) is 20.9 Å². The van der Waals surface area contributed by atoms with Crippen LogP contribution in [0.2, 0.25) is 0 Å². The topological polar surface area (TPSA) is 151 Å². The second-order valence-corrected chi connectivity index (χ2v) is 7.61. The molecule has 0 saturated carbocycles. The van der Waals surface area contributed by atoms with Gasteiger partial charge in [-0.2, -0.15) is 0 Å². The van der Waals surface area contributed by atoms with Crippen molar-refractivity contribution in [2.24, 2.45) is 5.16 Å². The SMILES string of the molecule is CON=C(C(=O)N[C@@H]1C(=O)N[C@@H]1CNC(=O)c1ccccc1)c1csc(NC(=O)CCl)n1. The van der Waals surface area contributed by atoms with E-state index in [1.54, 1.807) is 30.3 Å². The van der Waals surface area contributed by atoms with Gasteiger partial charge < -0.3 is 26.1 Å². The van der Waals surface area contributed by atoms with Gasteiger partial charge in [0.15, 0.2) is 10.8 Å². The third-order valence-corrected chi connectivity index (χ3v) is 5.33. The van der Waals surface area contributed by atoms with Gasteiger partial charge in [-0.05, 0) is 12.1 Å². The summed E-state index contributed by atoms with van der Waals surface area (Å²) in [5, 5.41) is 15.8. The highest BCUT2D eigenvalue weighted by molar-refractivity contribution is 7.14. The number of thiazole rings is 1. The number of hydrogen-bond acceptors (Lipinski definition) is 8. The van der Waals surface area contributed by atoms with Crippen molar-refractivity contribution in [3.8, 4) is 0 Å². The third-order valence-electron chi connectivity index (χ3n) is 4.33. The van der Waals surface area contributed by atoms with Crippen LogP contribution in [0, 0.1) is 0 Å². The van der Waals surface area contributed by atoms with Gasteiger partial charge >= 0.3 is 0 Å². The number of hydrogen-bond donors (Lipinski definition) is 4. The number of anilines is 1. The molecule has 11 nitrogen and oxygen atoms in total. The Morgan fingerprint density at radius 1 is 1.28 bits per heavy atom. The lowest BCUT2D eigenvalue weighted by Gasteiger charge is -2.37. The molecule has 1 fully saturated rings. The van der Waals surface area contributed by atoms with E-state index in [0.29, 0.717) is 5.56 Å². The molecule has 168 valence electrons. The van der Waals surface area contributed by atoms with Gasteiger partial charge in [0.1, 0.15) is 24.7 Å². The number of aromatic nitrogens is 1. The van der Waals surface area contributed by atoms with Crippen LogP contribution < -0.4 is 21.3 Å². The van der Waals surface area contributed by atoms with Gasteiger partial charge in [-0.15, -0.1) is 22.9 Å². The normalized spacial score (nSPS) is 17.6. The zero-order chi connectivity index (χ0) is 23.1. The Balaban J connectivity index is 1.61. The summed E-state index contributed by atoms with van der Waals surface area (Å²) >= 11 is 6.52. The smallest absolute Gasteiger partial charge is 0.276 e. The van der Waals surface area contributed by atoms with Crippen LogP contribution in [0.5, 0.6) is 0 Å². The van der Waals surface area contributed by atoms with Crippen molar-refractivity contribution in [2.45, 2.75) is 12.1 Å². The van der Waals surface area contributed by atoms with Crippen molar-refractivity contribution >= 4 is 57.4 Å². The average Bonchev–Trinajstić information content (AvgIpc) is 3.26. The molecule has 4 N–H and O–H groups in total. The first-order valence-electron chi connectivity index (χ1n) is 9.30. The molecule has 2 aromatic rings. The summed E-state index contributed by atoms with van der Waals surface area (Å²) in [4.78, 5) is 57.2. The van der Waals surface area contributed by atoms with Crippen LogP contribution in [0.25, 0.3) is 0 Å². The number of carbonyl (C=O) groups is 4. The monoisotopic (exact) mass is 478 g/mol. The first-order valence-corrected chi connectivity index (χ1v) is 10.7. The van der Waals surface area contributed by atoms with Crippen molar-refractivity contribution in [2.75, 3.05) is 24.9 Å². The van der Waals surface area contributed by atoms with Gasteiger partial charge in [-0.1, -0.05) is 23.4 Å². The fourth-order valence-corrected chi connectivity index (χ4v) is 3.55. The number of halogens is 1. The highest BCUT2D eigenvalue weighted by Gasteiger charge is 2.41. The largest absolute Gasteiger partial charge is 0.398 e. The Morgan fingerprint density at radius 3 is 2.69 bits per heavy atom. The van der Waals surface area contributed by atoms with Crippen LogP contribution in [0.15, 0.2) is 40.9 Å². The first kappa shape index (κ1) is 23.2. The molecule has 0 radical (unpaired) electrons. The maximum atomic E-state index is 12.7. The molecule has 2 heterocycles. The lowest BCUT2D eigenvalue weighted by molar-refractivity contribution is -0.134. The van der Waals surface area contributed by atoms with Gasteiger partial charge in [0.25, 0.3) is 11.8 Å². The summed E-state index contributed by atoms with van der Waals surface area (Å²) in [5.74, 6) is -2.09. The summed E-state index contributed by atoms with van der Waals surface area (Å²) < 4.78 is 0. The van der Waals surface area contributed by atoms with Crippen LogP contribution in [-0.2, 0) is 19.2 Å². The summed E-state index contributed by atoms with van der Waals surface area (Å²) in [7, 11) is 1.26. The Kier molecular flexibility index (Phi) is 7.73. The minimum atomic E-state index is -0.880. The quantitative estimate of drug-likeness (QED) is 0.173. The number of benzene rings is 1. The summed E-state index contributed by atoms with van der Waals surface area (Å²) in [5.41, 5.74) is 0.448. The van der Waals surface area contributed by atoms with E-state index < -0.39 is 29.8 Å². The molecular weight excluding hydrogens is 460 g/mol. The Morgan fingerprint density at radius 2 is 2.03 bits per heavy atom. The zero-order valence-corrected chi connectivity index (χ0v) is 18.3. The predicted molar refractivity (Wildman–Crippen MR) is 118 cm³/mol. The van der Waals surface area contributed by atoms with Gasteiger partial charge in [-0.3, -0.25) is 19.2 Å². The van der Waals surface area contributed by atoms with Crippen LogP contribution in [0.1, 0.15) is 16.1 Å². The molecule has 4 amide bonds. The van der Waals surface area contributed by atoms with E-state index in [2.05, 4.69) is 31.4 Å². The van der Waals surface area contributed by atoms with Gasteiger partial charge in [0.05, 0.1) is 6.04 Å². The molecule has 1 aliphatic heterocycles. The van der Waals surface area contributed by atoms with Crippen molar-refractivity contribution in [3.05, 3.63) is 47.0 Å². The fourth-order valence-electron chi connectivity index (χ4n) is 2.77. The van der Waals surface area contributed by atoms with Crippen LogP contribution in [0.4, 0.5) is 5.13 Å². The highest BCUT2D eigenvalue weighted by Crippen LogP contribution is 2.17. The highest BCUT2D eigenvalue weighted by atomic mass is 35.5. The second-order valence-electron chi connectivity index (χ2n) is 6.48. The molecule has 0 aliphatic carbocycles. The minimum absolute atomic E-state index is 0.118. The number of nitrogens with one attached hydrogen (secondary N) is 4. The molecular formula is C19H19ClN6O5S. The predicted octanol–water partition coefficient (Wildman–Crippen LogP) is 0.0841. The average molecular weight is 479 g/mol. The van der Waals surface area contributed by atoms with Crippen LogP contribution in [0.3, 0.4) is 0 Å². The molecule has 13 heteroatoms. The van der Waals surface area contributed by atoms with E-state index >= 15 is 0 Å². The zero-order valence-electron chi connectivity index (χ0n) is 16.8. The summed E-state index contributed by atoms with van der Waals surface area (Å²) in [6.07, 6.45) is 0. The van der Waals surface area contributed by atoms with Crippen molar-refractivity contribution in [3.63, 3.8) is 0 Å². The van der Waals surface area contributed by atoms with Crippen LogP contribution >= 0.6 is 22.9 Å². The van der Waals surface area contributed by atoms with E-state index in [1.807, 2.05) is 0 Å². The van der Waals surface area contributed by atoms with Gasteiger partial charge in [0, 0.05) is 17.5 Å². The molecule has 32 heavy (non-hydrogen) atoms. The fraction of sp³-hybridized carbons (Fsp3) is 0.263. The molecule has 3 rings (SSSR count). The molecule has 1 aliphatic rings. The molecule has 0 spiro atoms. The van der Waals surface area contributed by atoms with Crippen LogP contribution in [-0.4, -0.2) is 65.9 Å².